The van der Waals surface area contributed by atoms with Crippen LogP contribution < -0.4 is 0 Å². The Morgan fingerprint density at radius 2 is 0.571 bits per heavy atom. The van der Waals surface area contributed by atoms with Crippen molar-refractivity contribution in [1.82, 2.24) is 0 Å². The molecule has 0 fully saturated rings. The highest BCUT2D eigenvalue weighted by Gasteiger charge is 2.61. The van der Waals surface area contributed by atoms with E-state index in [1.54, 1.807) is 36.5 Å². The summed E-state index contributed by atoms with van der Waals surface area (Å²) in [7, 11) is 0. The smallest absolute Gasteiger partial charge is 0.228 e. The summed E-state index contributed by atoms with van der Waals surface area (Å²) in [6.07, 6.45) is 65.6. The fourth-order valence-corrected chi connectivity index (χ4v) is 7.34. The third-order valence-electron chi connectivity index (χ3n) is 11.5. The fourth-order valence-electron chi connectivity index (χ4n) is 7.34. The zero-order valence-electron chi connectivity index (χ0n) is 40.4. The van der Waals surface area contributed by atoms with Gasteiger partial charge >= 0.3 is 0 Å². The van der Waals surface area contributed by atoms with E-state index >= 15 is 0 Å². The van der Waals surface area contributed by atoms with Crippen molar-refractivity contribution < 1.29 is 29.7 Å². The van der Waals surface area contributed by atoms with Crippen molar-refractivity contribution in [2.24, 2.45) is 0 Å². The molecule has 6 nitrogen and oxygen atoms in total. The molecule has 356 valence electrons. The molecule has 0 aromatic heterocycles. The monoisotopic (exact) mass is 873 g/mol. The maximum atomic E-state index is 13.6. The van der Waals surface area contributed by atoms with Gasteiger partial charge in [-0.3, -0.25) is 14.4 Å². The molecule has 1 unspecified atom stereocenters. The molecule has 0 aromatic carbocycles. The van der Waals surface area contributed by atoms with Gasteiger partial charge in [-0.1, -0.05) is 266 Å². The molecule has 0 aliphatic rings. The van der Waals surface area contributed by atoms with Crippen LogP contribution in [0.5, 0.6) is 0 Å². The van der Waals surface area contributed by atoms with Crippen LogP contribution in [-0.4, -0.2) is 50.5 Å². The third-order valence-corrected chi connectivity index (χ3v) is 11.5. The number of carbonyl (C=O) groups excluding carboxylic acids is 3. The van der Waals surface area contributed by atoms with Crippen LogP contribution in [0.3, 0.4) is 0 Å². The minimum Gasteiger partial charge on any atom is -0.393 e. The molecule has 0 radical (unpaired) electrons. The molecule has 63 heavy (non-hydrogen) atoms. The predicted molar refractivity (Wildman–Crippen MR) is 270 cm³/mol. The van der Waals surface area contributed by atoms with Gasteiger partial charge in [0.15, 0.2) is 23.0 Å². The van der Waals surface area contributed by atoms with Gasteiger partial charge in [-0.05, 0) is 56.8 Å². The highest BCUT2D eigenvalue weighted by atomic mass is 16.4. The Labute approximate surface area is 386 Å². The molecule has 0 amide bonds. The number of aliphatic hydroxyl groups excluding tert-OH is 1. The number of aliphatic hydroxyl groups is 3. The molecular formula is C57H92O6. The molecule has 3 N–H and O–H groups in total. The molecule has 0 aliphatic heterocycles. The van der Waals surface area contributed by atoms with Crippen LogP contribution in [0.2, 0.25) is 0 Å². The average Bonchev–Trinajstić information content (AvgIpc) is 3.29. The molecule has 0 saturated carbocycles. The second-order valence-electron chi connectivity index (χ2n) is 17.2. The average molecular weight is 873 g/mol. The van der Waals surface area contributed by atoms with Crippen LogP contribution in [0.25, 0.3) is 0 Å². The Morgan fingerprint density at radius 3 is 0.841 bits per heavy atom. The third kappa shape index (κ3) is 31.1. The minimum atomic E-state index is -3.28. The van der Waals surface area contributed by atoms with Crippen LogP contribution in [0, 0.1) is 0 Å². The van der Waals surface area contributed by atoms with Crippen molar-refractivity contribution in [3.8, 4) is 0 Å². The first-order valence-electron chi connectivity index (χ1n) is 25.4. The van der Waals surface area contributed by atoms with Crippen molar-refractivity contribution in [2.45, 2.75) is 225 Å². The van der Waals surface area contributed by atoms with Gasteiger partial charge in [-0.25, -0.2) is 0 Å². The molecule has 0 saturated heterocycles. The van der Waals surface area contributed by atoms with Crippen molar-refractivity contribution in [2.75, 3.05) is 6.61 Å². The van der Waals surface area contributed by atoms with Gasteiger partial charge in [0.05, 0.1) is 6.61 Å². The lowest BCUT2D eigenvalue weighted by atomic mass is 9.73. The number of ketones is 3. The first kappa shape index (κ1) is 59.5. The first-order valence-corrected chi connectivity index (χ1v) is 25.4. The van der Waals surface area contributed by atoms with Crippen LogP contribution >= 0.6 is 0 Å². The molecule has 0 spiro atoms. The number of hydrogen-bond acceptors (Lipinski definition) is 6. The number of hydrogen-bond donors (Lipinski definition) is 3. The Morgan fingerprint density at radius 1 is 0.333 bits per heavy atom. The predicted octanol–water partition coefficient (Wildman–Crippen LogP) is 14.9. The van der Waals surface area contributed by atoms with Gasteiger partial charge in [0.2, 0.25) is 5.60 Å². The highest BCUT2D eigenvalue weighted by molar-refractivity contribution is 6.23. The van der Waals surface area contributed by atoms with E-state index < -0.39 is 35.2 Å². The van der Waals surface area contributed by atoms with Gasteiger partial charge < -0.3 is 15.3 Å². The van der Waals surface area contributed by atoms with Crippen LogP contribution in [-0.2, 0) is 14.4 Å². The topological polar surface area (TPSA) is 112 Å². The lowest BCUT2D eigenvalue weighted by Crippen LogP contribution is -2.68. The van der Waals surface area contributed by atoms with E-state index in [2.05, 4.69) is 39.0 Å². The molecule has 0 bridgehead atoms. The number of rotatable bonds is 44. The second kappa shape index (κ2) is 43.8. The summed E-state index contributed by atoms with van der Waals surface area (Å²) in [4.78, 5) is 40.6. The Balaban J connectivity index is 5.50. The van der Waals surface area contributed by atoms with Crippen LogP contribution in [0.1, 0.15) is 213 Å². The van der Waals surface area contributed by atoms with Crippen molar-refractivity contribution in [1.29, 1.82) is 0 Å². The molecule has 0 aliphatic carbocycles. The Kier molecular flexibility index (Phi) is 41.4. The van der Waals surface area contributed by atoms with Crippen LogP contribution in [0.15, 0.2) is 109 Å². The maximum Gasteiger partial charge on any atom is 0.228 e. The van der Waals surface area contributed by atoms with E-state index in [0.717, 1.165) is 56.8 Å². The van der Waals surface area contributed by atoms with E-state index in [4.69, 9.17) is 0 Å². The van der Waals surface area contributed by atoms with E-state index in [-0.39, 0.29) is 0 Å². The summed E-state index contributed by atoms with van der Waals surface area (Å²) in [5.41, 5.74) is -6.42. The lowest BCUT2D eigenvalue weighted by Gasteiger charge is -2.36. The molecule has 6 heteroatoms. The normalized spacial score (nSPS) is 14.8. The number of allylic oxidation sites excluding steroid dienone is 15. The molecular weight excluding hydrogens is 781 g/mol. The summed E-state index contributed by atoms with van der Waals surface area (Å²) in [6.45, 7) is 5.34. The zero-order valence-corrected chi connectivity index (χ0v) is 40.4. The lowest BCUT2D eigenvalue weighted by molar-refractivity contribution is -0.187. The Hall–Kier alpha value is -3.45. The SMILES string of the molecule is CCCCCCCCCCCC=CC=CC=CC(=O)C(O)(CO)C(O)(C(=O)C=CC=CC=CCCCCCCCCCCC)C(=O)C=CC=CC=CCCCCCCCCCCC. The van der Waals surface area contributed by atoms with Gasteiger partial charge in [0.25, 0.3) is 0 Å². The van der Waals surface area contributed by atoms with Crippen LogP contribution in [0.4, 0.5) is 0 Å². The second-order valence-corrected chi connectivity index (χ2v) is 17.2. The summed E-state index contributed by atoms with van der Waals surface area (Å²) >= 11 is 0. The summed E-state index contributed by atoms with van der Waals surface area (Å²) in [5.74, 6) is -3.62. The minimum absolute atomic E-state index is 0.941. The first-order chi connectivity index (χ1) is 30.8. The van der Waals surface area contributed by atoms with Gasteiger partial charge in [0, 0.05) is 0 Å². The van der Waals surface area contributed by atoms with E-state index in [9.17, 15) is 29.7 Å². The fraction of sp³-hybridized carbons (Fsp3) is 0.632. The van der Waals surface area contributed by atoms with E-state index in [0.29, 0.717) is 0 Å². The van der Waals surface area contributed by atoms with E-state index in [1.165, 1.54) is 172 Å². The molecule has 0 heterocycles. The van der Waals surface area contributed by atoms with Crippen molar-refractivity contribution >= 4 is 17.3 Å². The van der Waals surface area contributed by atoms with Gasteiger partial charge in [0.1, 0.15) is 0 Å². The molecule has 0 aromatic rings. The maximum absolute atomic E-state index is 13.6. The quantitative estimate of drug-likeness (QED) is 0.0243. The standard InChI is InChI=1S/C57H92O6/c1-4-7-10-13-16-19-22-25-28-31-34-37-40-43-46-49-53(59)56(62,52-58)57(63,54(60)50-47-44-41-38-35-32-29-26-23-20-17-14-11-8-5-2)55(61)51-48-45-42-39-36-33-30-27-24-21-18-15-12-9-6-3/h34-51,58,62-63H,4-33,52H2,1-3H3. The largest absolute Gasteiger partial charge is 0.393 e. The Bertz CT molecular complexity index is 1340. The van der Waals surface area contributed by atoms with Gasteiger partial charge in [-0.15, -0.1) is 0 Å². The number of unbranched alkanes of at least 4 members (excludes halogenated alkanes) is 27. The van der Waals surface area contributed by atoms with E-state index in [1.807, 2.05) is 18.2 Å². The van der Waals surface area contributed by atoms with Gasteiger partial charge in [-0.2, -0.15) is 0 Å². The zero-order chi connectivity index (χ0) is 46.4. The number of carbonyl (C=O) groups is 3. The van der Waals surface area contributed by atoms with Crippen molar-refractivity contribution in [3.63, 3.8) is 0 Å². The molecule has 0 rings (SSSR count). The van der Waals surface area contributed by atoms with Crippen molar-refractivity contribution in [3.05, 3.63) is 109 Å². The summed E-state index contributed by atoms with van der Waals surface area (Å²) < 4.78 is 0. The highest BCUT2D eigenvalue weighted by Crippen LogP contribution is 2.28. The summed E-state index contributed by atoms with van der Waals surface area (Å²) in [5, 5.41) is 33.6. The summed E-state index contributed by atoms with van der Waals surface area (Å²) in [6, 6.07) is 0. The molecule has 1 atom stereocenters.